The molecule has 0 saturated carbocycles. The Labute approximate surface area is 80.2 Å². The molecule has 1 aromatic heterocycles. The van der Waals surface area contributed by atoms with Gasteiger partial charge in [0.15, 0.2) is 0 Å². The van der Waals surface area contributed by atoms with E-state index in [1.165, 1.54) is 6.20 Å². The van der Waals surface area contributed by atoms with Gasteiger partial charge in [-0.3, -0.25) is 9.89 Å². The van der Waals surface area contributed by atoms with Crippen LogP contribution in [-0.4, -0.2) is 22.7 Å². The average Bonchev–Trinajstić information content (AvgIpc) is 2.67. The van der Waals surface area contributed by atoms with Crippen LogP contribution in [0.15, 0.2) is 24.6 Å². The molecule has 0 fully saturated rings. The summed E-state index contributed by atoms with van der Waals surface area (Å²) in [4.78, 5) is 11.0. The maximum absolute atomic E-state index is 11.0. The highest BCUT2D eigenvalue weighted by atomic mass is 16.5. The monoisotopic (exact) mass is 191 g/mol. The van der Waals surface area contributed by atoms with E-state index < -0.39 is 5.91 Å². The first-order chi connectivity index (χ1) is 6.79. The van der Waals surface area contributed by atoms with Crippen molar-refractivity contribution >= 4 is 11.5 Å². The Morgan fingerprint density at radius 3 is 3.14 bits per heavy atom. The predicted molar refractivity (Wildman–Crippen MR) is 50.2 cm³/mol. The maximum Gasteiger partial charge on any atom is 0.252 e. The van der Waals surface area contributed by atoms with Gasteiger partial charge >= 0.3 is 0 Å². The third kappa shape index (κ3) is 1.39. The van der Waals surface area contributed by atoms with Crippen LogP contribution in [0.2, 0.25) is 0 Å². The molecule has 0 radical (unpaired) electrons. The van der Waals surface area contributed by atoms with E-state index in [9.17, 15) is 4.79 Å². The molecule has 1 aromatic rings. The van der Waals surface area contributed by atoms with E-state index in [0.717, 1.165) is 5.57 Å². The summed E-state index contributed by atoms with van der Waals surface area (Å²) in [6, 6.07) is 0. The lowest BCUT2D eigenvalue weighted by molar-refractivity contribution is 0.1000. The molecular weight excluding hydrogens is 182 g/mol. The molecule has 5 heteroatoms. The van der Waals surface area contributed by atoms with Crippen LogP contribution < -0.4 is 5.73 Å². The van der Waals surface area contributed by atoms with Crippen LogP contribution in [0.25, 0.3) is 5.57 Å². The number of hydrogen-bond acceptors (Lipinski definition) is 3. The van der Waals surface area contributed by atoms with Crippen molar-refractivity contribution in [2.75, 3.05) is 6.61 Å². The van der Waals surface area contributed by atoms with Crippen LogP contribution >= 0.6 is 0 Å². The first-order valence-electron chi connectivity index (χ1n) is 4.11. The fraction of sp³-hybridized carbons (Fsp3) is 0.111. The predicted octanol–water partition coefficient (Wildman–Crippen LogP) is 0.436. The zero-order valence-corrected chi connectivity index (χ0v) is 7.36. The van der Waals surface area contributed by atoms with Crippen molar-refractivity contribution < 1.29 is 9.53 Å². The first-order valence-corrected chi connectivity index (χ1v) is 4.11. The number of primary amides is 1. The number of aromatic nitrogens is 2. The number of nitrogens with two attached hydrogens (primary N) is 1. The van der Waals surface area contributed by atoms with Crippen LogP contribution in [-0.2, 0) is 4.74 Å². The molecular formula is C9H9N3O2. The number of ether oxygens (including phenoxy) is 1. The second-order valence-corrected chi connectivity index (χ2v) is 2.81. The molecule has 14 heavy (non-hydrogen) atoms. The van der Waals surface area contributed by atoms with E-state index in [4.69, 9.17) is 10.5 Å². The Morgan fingerprint density at radius 1 is 1.64 bits per heavy atom. The lowest BCUT2D eigenvalue weighted by Crippen LogP contribution is -2.12. The largest absolute Gasteiger partial charge is 0.497 e. The average molecular weight is 191 g/mol. The molecule has 0 unspecified atom stereocenters. The van der Waals surface area contributed by atoms with Crippen LogP contribution in [0.1, 0.15) is 16.1 Å². The zero-order valence-electron chi connectivity index (χ0n) is 7.36. The Balaban J connectivity index is 2.41. The molecule has 1 aliphatic rings. The molecule has 0 aromatic carbocycles. The van der Waals surface area contributed by atoms with Gasteiger partial charge in [0.2, 0.25) is 0 Å². The van der Waals surface area contributed by atoms with Crippen LogP contribution in [0.4, 0.5) is 0 Å². The van der Waals surface area contributed by atoms with Crippen molar-refractivity contribution in [3.05, 3.63) is 35.9 Å². The molecule has 0 atom stereocenters. The van der Waals surface area contributed by atoms with Crippen molar-refractivity contribution in [3.8, 4) is 0 Å². The van der Waals surface area contributed by atoms with Crippen LogP contribution in [0.5, 0.6) is 0 Å². The van der Waals surface area contributed by atoms with E-state index in [1.54, 1.807) is 12.3 Å². The van der Waals surface area contributed by atoms with Crippen molar-refractivity contribution in [2.45, 2.75) is 0 Å². The van der Waals surface area contributed by atoms with Crippen molar-refractivity contribution in [2.24, 2.45) is 5.73 Å². The molecule has 2 heterocycles. The third-order valence-corrected chi connectivity index (χ3v) is 1.92. The SMILES string of the molecule is NC(=O)c1c[nH]nc1C1=CCOC=C1. The van der Waals surface area contributed by atoms with Gasteiger partial charge < -0.3 is 10.5 Å². The fourth-order valence-electron chi connectivity index (χ4n) is 1.26. The highest BCUT2D eigenvalue weighted by Gasteiger charge is 2.14. The fourth-order valence-corrected chi connectivity index (χ4v) is 1.26. The summed E-state index contributed by atoms with van der Waals surface area (Å²) in [5.41, 5.74) is 6.98. The lowest BCUT2D eigenvalue weighted by Gasteiger charge is -2.06. The van der Waals surface area contributed by atoms with E-state index >= 15 is 0 Å². The molecule has 1 amide bonds. The first kappa shape index (κ1) is 8.55. The molecule has 1 aliphatic heterocycles. The minimum absolute atomic E-state index is 0.391. The van der Waals surface area contributed by atoms with Crippen LogP contribution in [0, 0.1) is 0 Å². The lowest BCUT2D eigenvalue weighted by atomic mass is 10.1. The molecule has 0 bridgehead atoms. The van der Waals surface area contributed by atoms with E-state index in [2.05, 4.69) is 10.2 Å². The summed E-state index contributed by atoms with van der Waals surface area (Å²) in [5.74, 6) is -0.491. The van der Waals surface area contributed by atoms with Gasteiger partial charge in [-0.1, -0.05) is 0 Å². The molecule has 3 N–H and O–H groups in total. The summed E-state index contributed by atoms with van der Waals surface area (Å²) in [5, 5.41) is 6.57. The van der Waals surface area contributed by atoms with E-state index in [0.29, 0.717) is 17.9 Å². The van der Waals surface area contributed by atoms with Gasteiger partial charge in [0.1, 0.15) is 12.3 Å². The molecule has 2 rings (SSSR count). The van der Waals surface area contributed by atoms with Gasteiger partial charge in [-0.2, -0.15) is 5.10 Å². The Kier molecular flexibility index (Phi) is 2.06. The molecule has 0 spiro atoms. The van der Waals surface area contributed by atoms with Gasteiger partial charge in [0.25, 0.3) is 5.91 Å². The number of allylic oxidation sites excluding steroid dienone is 2. The van der Waals surface area contributed by atoms with Gasteiger partial charge in [-0.25, -0.2) is 0 Å². The highest BCUT2D eigenvalue weighted by Crippen LogP contribution is 2.19. The Morgan fingerprint density at radius 2 is 2.50 bits per heavy atom. The molecule has 0 aliphatic carbocycles. The van der Waals surface area contributed by atoms with Crippen molar-refractivity contribution in [1.82, 2.24) is 10.2 Å². The number of H-pyrrole nitrogens is 1. The number of amides is 1. The third-order valence-electron chi connectivity index (χ3n) is 1.92. The Bertz CT molecular complexity index is 417. The van der Waals surface area contributed by atoms with Gasteiger partial charge in [0.05, 0.1) is 11.8 Å². The van der Waals surface area contributed by atoms with Gasteiger partial charge in [0, 0.05) is 11.8 Å². The topological polar surface area (TPSA) is 81.0 Å². The highest BCUT2D eigenvalue weighted by molar-refractivity contribution is 5.98. The summed E-state index contributed by atoms with van der Waals surface area (Å²) in [6.45, 7) is 0.483. The molecule has 0 saturated heterocycles. The van der Waals surface area contributed by atoms with E-state index in [1.807, 2.05) is 6.08 Å². The number of hydrogen-bond donors (Lipinski definition) is 2. The minimum atomic E-state index is -0.491. The normalized spacial score (nSPS) is 14.7. The molecule has 5 nitrogen and oxygen atoms in total. The zero-order chi connectivity index (χ0) is 9.97. The van der Waals surface area contributed by atoms with Crippen molar-refractivity contribution in [3.63, 3.8) is 0 Å². The summed E-state index contributed by atoms with van der Waals surface area (Å²) in [6.07, 6.45) is 6.63. The number of aromatic amines is 1. The summed E-state index contributed by atoms with van der Waals surface area (Å²) < 4.78 is 4.99. The quantitative estimate of drug-likeness (QED) is 0.711. The number of carbonyl (C=O) groups is 1. The second-order valence-electron chi connectivity index (χ2n) is 2.81. The molecule has 72 valence electrons. The van der Waals surface area contributed by atoms with Crippen molar-refractivity contribution in [1.29, 1.82) is 0 Å². The van der Waals surface area contributed by atoms with Crippen LogP contribution in [0.3, 0.4) is 0 Å². The van der Waals surface area contributed by atoms with Gasteiger partial charge in [-0.05, 0) is 12.2 Å². The Hall–Kier alpha value is -2.04. The van der Waals surface area contributed by atoms with Gasteiger partial charge in [-0.15, -0.1) is 0 Å². The maximum atomic E-state index is 11.0. The number of nitrogens with one attached hydrogen (secondary N) is 1. The number of carbonyl (C=O) groups excluding carboxylic acids is 1. The van der Waals surface area contributed by atoms with E-state index in [-0.39, 0.29) is 0 Å². The second kappa shape index (κ2) is 3.37. The summed E-state index contributed by atoms with van der Waals surface area (Å²) >= 11 is 0. The standard InChI is InChI=1S/C9H9N3O2/c10-9(13)7-5-11-12-8(7)6-1-3-14-4-2-6/h1-3,5H,4H2,(H2,10,13)(H,11,12). The number of nitrogens with zero attached hydrogens (tertiary/aromatic N) is 1. The number of rotatable bonds is 2. The summed E-state index contributed by atoms with van der Waals surface area (Å²) in [7, 11) is 0. The smallest absolute Gasteiger partial charge is 0.252 e. The minimum Gasteiger partial charge on any atom is -0.497 e.